The molecule has 0 atom stereocenters. The van der Waals surface area contributed by atoms with E-state index in [2.05, 4.69) is 27.4 Å². The van der Waals surface area contributed by atoms with Gasteiger partial charge in [-0.05, 0) is 37.5 Å². The number of hydrogen-bond donors (Lipinski definition) is 1. The zero-order chi connectivity index (χ0) is 13.2. The largest absolute Gasteiger partial charge is 0.399 e. The van der Waals surface area contributed by atoms with Crippen molar-refractivity contribution in [3.05, 3.63) is 40.7 Å². The van der Waals surface area contributed by atoms with Crippen molar-refractivity contribution >= 4 is 22.0 Å². The van der Waals surface area contributed by atoms with Gasteiger partial charge in [0.15, 0.2) is 5.82 Å². The van der Waals surface area contributed by atoms with Gasteiger partial charge in [-0.2, -0.15) is 9.61 Å². The summed E-state index contributed by atoms with van der Waals surface area (Å²) >= 11 is 1.61. The minimum Gasteiger partial charge on any atom is -0.399 e. The Bertz CT molecular complexity index is 683. The third kappa shape index (κ3) is 2.58. The van der Waals surface area contributed by atoms with Crippen LogP contribution in [0, 0.1) is 6.92 Å². The monoisotopic (exact) mass is 273 g/mol. The molecule has 3 aromatic rings. The van der Waals surface area contributed by atoms with Crippen LogP contribution in [0.5, 0.6) is 0 Å². The molecule has 0 unspecified atom stereocenters. The molecule has 5 nitrogen and oxygen atoms in total. The van der Waals surface area contributed by atoms with Gasteiger partial charge in [-0.25, -0.2) is 0 Å². The quantitative estimate of drug-likeness (QED) is 0.740. The fraction of sp³-hybridized carbons (Fsp3) is 0.308. The van der Waals surface area contributed by atoms with Crippen LogP contribution in [-0.4, -0.2) is 19.8 Å². The lowest BCUT2D eigenvalue weighted by molar-refractivity contribution is 0.779. The summed E-state index contributed by atoms with van der Waals surface area (Å²) in [6.45, 7) is 1.91. The number of rotatable bonds is 4. The molecular weight excluding hydrogens is 258 g/mol. The number of aromatic nitrogens is 4. The highest BCUT2D eigenvalue weighted by Crippen LogP contribution is 2.16. The van der Waals surface area contributed by atoms with Crippen molar-refractivity contribution in [1.82, 2.24) is 19.8 Å². The SMILES string of the molecule is Cc1nnc2sc(CCCc3ccc(N)cc3)nn12. The lowest BCUT2D eigenvalue weighted by Gasteiger charge is -2.00. The number of benzene rings is 1. The lowest BCUT2D eigenvalue weighted by atomic mass is 10.1. The van der Waals surface area contributed by atoms with E-state index in [0.717, 1.165) is 40.7 Å². The zero-order valence-corrected chi connectivity index (χ0v) is 11.5. The van der Waals surface area contributed by atoms with E-state index in [9.17, 15) is 0 Å². The minimum absolute atomic E-state index is 0.813. The predicted octanol–water partition coefficient (Wildman–Crippen LogP) is 2.25. The molecule has 98 valence electrons. The van der Waals surface area contributed by atoms with Gasteiger partial charge < -0.3 is 5.73 Å². The summed E-state index contributed by atoms with van der Waals surface area (Å²) in [5.74, 6) is 0.844. The van der Waals surface area contributed by atoms with Gasteiger partial charge in [0.05, 0.1) is 0 Å². The first-order chi connectivity index (χ1) is 9.22. The van der Waals surface area contributed by atoms with Crippen LogP contribution in [-0.2, 0) is 12.8 Å². The van der Waals surface area contributed by atoms with Crippen LogP contribution in [0.25, 0.3) is 4.96 Å². The molecule has 0 aliphatic carbocycles. The van der Waals surface area contributed by atoms with Gasteiger partial charge >= 0.3 is 0 Å². The van der Waals surface area contributed by atoms with Crippen molar-refractivity contribution in [2.24, 2.45) is 0 Å². The van der Waals surface area contributed by atoms with Gasteiger partial charge in [-0.15, -0.1) is 10.2 Å². The normalized spacial score (nSPS) is 11.2. The Labute approximate surface area is 115 Å². The van der Waals surface area contributed by atoms with E-state index in [4.69, 9.17) is 5.73 Å². The molecule has 1 aromatic carbocycles. The second-order valence-corrected chi connectivity index (χ2v) is 5.57. The van der Waals surface area contributed by atoms with Crippen LogP contribution in [0.2, 0.25) is 0 Å². The predicted molar refractivity (Wildman–Crippen MR) is 76.3 cm³/mol. The fourth-order valence-corrected chi connectivity index (χ4v) is 2.90. The molecule has 2 heterocycles. The molecule has 0 radical (unpaired) electrons. The highest BCUT2D eigenvalue weighted by molar-refractivity contribution is 7.16. The molecule has 0 fully saturated rings. The van der Waals surface area contributed by atoms with E-state index >= 15 is 0 Å². The Morgan fingerprint density at radius 2 is 1.95 bits per heavy atom. The number of hydrogen-bond acceptors (Lipinski definition) is 5. The highest BCUT2D eigenvalue weighted by Gasteiger charge is 2.08. The van der Waals surface area contributed by atoms with Gasteiger partial charge in [-0.3, -0.25) is 0 Å². The van der Waals surface area contributed by atoms with Crippen LogP contribution in [0.1, 0.15) is 22.8 Å². The maximum atomic E-state index is 5.67. The highest BCUT2D eigenvalue weighted by atomic mass is 32.1. The maximum absolute atomic E-state index is 5.67. The van der Waals surface area contributed by atoms with Crippen LogP contribution < -0.4 is 5.73 Å². The first-order valence-corrected chi connectivity index (χ1v) is 7.06. The summed E-state index contributed by atoms with van der Waals surface area (Å²) in [7, 11) is 0. The Morgan fingerprint density at radius 3 is 2.68 bits per heavy atom. The van der Waals surface area contributed by atoms with E-state index in [1.807, 2.05) is 23.6 Å². The molecule has 19 heavy (non-hydrogen) atoms. The van der Waals surface area contributed by atoms with E-state index < -0.39 is 0 Å². The Morgan fingerprint density at radius 1 is 1.16 bits per heavy atom. The summed E-state index contributed by atoms with van der Waals surface area (Å²) in [4.78, 5) is 0.875. The molecule has 2 aromatic heterocycles. The van der Waals surface area contributed by atoms with Crippen molar-refractivity contribution in [3.63, 3.8) is 0 Å². The first-order valence-electron chi connectivity index (χ1n) is 6.24. The van der Waals surface area contributed by atoms with Crippen LogP contribution >= 0.6 is 11.3 Å². The van der Waals surface area contributed by atoms with Crippen LogP contribution in [0.4, 0.5) is 5.69 Å². The van der Waals surface area contributed by atoms with Gasteiger partial charge in [-0.1, -0.05) is 23.5 Å². The summed E-state index contributed by atoms with van der Waals surface area (Å²) < 4.78 is 1.81. The minimum atomic E-state index is 0.813. The average molecular weight is 273 g/mol. The van der Waals surface area contributed by atoms with Crippen molar-refractivity contribution < 1.29 is 0 Å². The Balaban J connectivity index is 1.61. The molecule has 2 N–H and O–H groups in total. The molecule has 0 saturated heterocycles. The smallest absolute Gasteiger partial charge is 0.234 e. The molecule has 0 aliphatic heterocycles. The van der Waals surface area contributed by atoms with Crippen molar-refractivity contribution in [1.29, 1.82) is 0 Å². The van der Waals surface area contributed by atoms with Crippen molar-refractivity contribution in [3.8, 4) is 0 Å². The average Bonchev–Trinajstić information content (AvgIpc) is 2.95. The molecule has 3 rings (SSSR count). The third-order valence-corrected chi connectivity index (χ3v) is 3.98. The van der Waals surface area contributed by atoms with E-state index in [-0.39, 0.29) is 0 Å². The molecule has 0 aliphatic rings. The molecular formula is C13H15N5S. The Hall–Kier alpha value is -1.95. The summed E-state index contributed by atoms with van der Waals surface area (Å²) in [5.41, 5.74) is 7.79. The number of nitrogens with zero attached hydrogens (tertiary/aromatic N) is 4. The number of nitrogens with two attached hydrogens (primary N) is 1. The molecule has 0 bridgehead atoms. The number of anilines is 1. The molecule has 0 amide bonds. The topological polar surface area (TPSA) is 69.1 Å². The third-order valence-electron chi connectivity index (χ3n) is 3.02. The first kappa shape index (κ1) is 12.1. The fourth-order valence-electron chi connectivity index (χ4n) is 1.98. The van der Waals surface area contributed by atoms with Gasteiger partial charge in [0, 0.05) is 12.1 Å². The van der Waals surface area contributed by atoms with E-state index in [1.165, 1.54) is 5.56 Å². The van der Waals surface area contributed by atoms with Crippen LogP contribution in [0.15, 0.2) is 24.3 Å². The van der Waals surface area contributed by atoms with Gasteiger partial charge in [0.2, 0.25) is 4.96 Å². The molecule has 6 heteroatoms. The van der Waals surface area contributed by atoms with Crippen LogP contribution in [0.3, 0.4) is 0 Å². The van der Waals surface area contributed by atoms with Gasteiger partial charge in [0.25, 0.3) is 0 Å². The lowest BCUT2D eigenvalue weighted by Crippen LogP contribution is -1.93. The molecule has 0 spiro atoms. The van der Waals surface area contributed by atoms with E-state index in [1.54, 1.807) is 11.3 Å². The molecule has 0 saturated carbocycles. The second-order valence-electron chi connectivity index (χ2n) is 4.53. The van der Waals surface area contributed by atoms with E-state index in [0.29, 0.717) is 0 Å². The summed E-state index contributed by atoms with van der Waals surface area (Å²) in [6, 6.07) is 8.06. The standard InChI is InChI=1S/C13H15N5S/c1-9-15-16-13-18(9)17-12(19-13)4-2-3-10-5-7-11(14)8-6-10/h5-8H,2-4,14H2,1H3. The summed E-state index contributed by atoms with van der Waals surface area (Å²) in [5, 5.41) is 13.7. The number of aryl methyl sites for hydroxylation is 3. The van der Waals surface area contributed by atoms with Gasteiger partial charge in [0.1, 0.15) is 5.01 Å². The number of fused-ring (bicyclic) bond motifs is 1. The number of nitrogen functional groups attached to an aromatic ring is 1. The summed E-state index contributed by atoms with van der Waals surface area (Å²) in [6.07, 6.45) is 3.09. The zero-order valence-electron chi connectivity index (χ0n) is 10.7. The van der Waals surface area contributed by atoms with Crippen molar-refractivity contribution in [2.75, 3.05) is 5.73 Å². The maximum Gasteiger partial charge on any atom is 0.234 e. The van der Waals surface area contributed by atoms with Crippen molar-refractivity contribution in [2.45, 2.75) is 26.2 Å². The Kier molecular flexibility index (Phi) is 3.16. The second kappa shape index (κ2) is 4.97.